The minimum atomic E-state index is -0.387. The number of ether oxygens (including phenoxy) is 1. The summed E-state index contributed by atoms with van der Waals surface area (Å²) in [4.78, 5) is 26.3. The molecule has 2 amide bonds. The van der Waals surface area contributed by atoms with E-state index in [0.29, 0.717) is 18.3 Å². The predicted octanol–water partition coefficient (Wildman–Crippen LogP) is 2.89. The minimum Gasteiger partial charge on any atom is -0.494 e. The second-order valence-electron chi connectivity index (χ2n) is 6.87. The smallest absolute Gasteiger partial charge is 0.251 e. The van der Waals surface area contributed by atoms with E-state index in [-0.39, 0.29) is 24.3 Å². The lowest BCUT2D eigenvalue weighted by Crippen LogP contribution is -2.45. The molecule has 1 saturated carbocycles. The van der Waals surface area contributed by atoms with Crippen LogP contribution in [0.5, 0.6) is 5.75 Å². The number of hydrogen-bond acceptors (Lipinski definition) is 4. The molecule has 5 nitrogen and oxygen atoms in total. The zero-order valence-corrected chi connectivity index (χ0v) is 14.5. The molecule has 1 atom stereocenters. The fraction of sp³-hybridized carbons (Fsp3) is 0.579. The first-order valence-electron chi connectivity index (χ1n) is 8.94. The first kappa shape index (κ1) is 17.0. The van der Waals surface area contributed by atoms with Crippen LogP contribution >= 0.6 is 0 Å². The molecule has 2 fully saturated rings. The van der Waals surface area contributed by atoms with Crippen LogP contribution in [0.25, 0.3) is 0 Å². The fourth-order valence-electron chi connectivity index (χ4n) is 3.60. The summed E-state index contributed by atoms with van der Waals surface area (Å²) in [6.45, 7) is 4.78. The Balaban J connectivity index is 1.65. The Morgan fingerprint density at radius 3 is 2.42 bits per heavy atom. The molecule has 2 aliphatic rings. The Morgan fingerprint density at radius 2 is 1.79 bits per heavy atom. The van der Waals surface area contributed by atoms with Crippen molar-refractivity contribution in [2.24, 2.45) is 5.92 Å². The monoisotopic (exact) mass is 330 g/mol. The number of nitrogens with one attached hydrogen (secondary N) is 1. The van der Waals surface area contributed by atoms with Gasteiger partial charge in [0, 0.05) is 6.04 Å². The summed E-state index contributed by atoms with van der Waals surface area (Å²) in [6.07, 6.45) is 4.80. The van der Waals surface area contributed by atoms with Gasteiger partial charge in [-0.1, -0.05) is 6.92 Å². The number of imide groups is 1. The van der Waals surface area contributed by atoms with Gasteiger partial charge in [-0.2, -0.15) is 0 Å². The van der Waals surface area contributed by atoms with E-state index in [2.05, 4.69) is 12.2 Å². The second kappa shape index (κ2) is 7.34. The molecule has 0 bridgehead atoms. The average Bonchev–Trinajstić information content (AvgIpc) is 2.85. The normalized spacial score (nSPS) is 27.6. The highest BCUT2D eigenvalue weighted by Crippen LogP contribution is 2.28. The second-order valence-corrected chi connectivity index (χ2v) is 6.87. The van der Waals surface area contributed by atoms with E-state index >= 15 is 0 Å². The van der Waals surface area contributed by atoms with Gasteiger partial charge in [0.2, 0.25) is 5.91 Å². The van der Waals surface area contributed by atoms with Gasteiger partial charge in [0.15, 0.2) is 0 Å². The number of hydrogen-bond donors (Lipinski definition) is 1. The maximum absolute atomic E-state index is 12.7. The lowest BCUT2D eigenvalue weighted by Gasteiger charge is -2.28. The van der Waals surface area contributed by atoms with Gasteiger partial charge < -0.3 is 10.1 Å². The van der Waals surface area contributed by atoms with Crippen LogP contribution in [0.1, 0.15) is 46.0 Å². The van der Waals surface area contributed by atoms with E-state index in [9.17, 15) is 9.59 Å². The molecule has 1 aliphatic carbocycles. The van der Waals surface area contributed by atoms with Crippen molar-refractivity contribution < 1.29 is 14.3 Å². The van der Waals surface area contributed by atoms with Crippen molar-refractivity contribution in [2.45, 2.75) is 58.0 Å². The molecule has 130 valence electrons. The lowest BCUT2D eigenvalue weighted by atomic mass is 9.87. The first-order valence-corrected chi connectivity index (χ1v) is 8.94. The van der Waals surface area contributed by atoms with Crippen LogP contribution in [0.15, 0.2) is 24.3 Å². The number of carbonyl (C=O) groups is 2. The number of rotatable bonds is 5. The summed E-state index contributed by atoms with van der Waals surface area (Å²) in [6, 6.07) is 7.09. The van der Waals surface area contributed by atoms with E-state index in [4.69, 9.17) is 4.74 Å². The van der Waals surface area contributed by atoms with Crippen LogP contribution in [0, 0.1) is 5.92 Å². The molecule has 1 heterocycles. The fourth-order valence-corrected chi connectivity index (χ4v) is 3.60. The molecule has 1 aliphatic heterocycles. The number of amides is 2. The summed E-state index contributed by atoms with van der Waals surface area (Å²) in [5.41, 5.74) is 0.620. The van der Waals surface area contributed by atoms with Crippen LogP contribution in [-0.2, 0) is 9.59 Å². The molecular weight excluding hydrogens is 304 g/mol. The van der Waals surface area contributed by atoms with Crippen LogP contribution in [0.3, 0.4) is 0 Å². The van der Waals surface area contributed by atoms with Crippen LogP contribution in [-0.4, -0.2) is 30.5 Å². The van der Waals surface area contributed by atoms with Crippen LogP contribution in [0.4, 0.5) is 5.69 Å². The van der Waals surface area contributed by atoms with Gasteiger partial charge in [0.1, 0.15) is 5.75 Å². The standard InChI is InChI=1S/C19H26N2O3/c1-3-24-16-10-8-15(9-11-16)21-18(22)12-17(19(21)23)20-14-6-4-13(2)5-7-14/h8-11,13-14,17,20H,3-7,12H2,1-2H3/t13?,14?,17-/m0/s1. The quantitative estimate of drug-likeness (QED) is 0.844. The van der Waals surface area contributed by atoms with E-state index in [1.165, 1.54) is 17.7 Å². The van der Waals surface area contributed by atoms with Crippen molar-refractivity contribution in [3.05, 3.63) is 24.3 Å². The molecule has 1 aromatic rings. The molecule has 0 radical (unpaired) electrons. The molecular formula is C19H26N2O3. The first-order chi connectivity index (χ1) is 11.6. The third-order valence-corrected chi connectivity index (χ3v) is 5.01. The summed E-state index contributed by atoms with van der Waals surface area (Å²) in [5.74, 6) is 1.24. The molecule has 0 unspecified atom stereocenters. The molecule has 0 aromatic heterocycles. The SMILES string of the molecule is CCOc1ccc(N2C(=O)C[C@H](NC3CCC(C)CC3)C2=O)cc1. The van der Waals surface area contributed by atoms with E-state index < -0.39 is 0 Å². The number of nitrogens with zero attached hydrogens (tertiary/aromatic N) is 1. The topological polar surface area (TPSA) is 58.6 Å². The van der Waals surface area contributed by atoms with Crippen molar-refractivity contribution in [3.63, 3.8) is 0 Å². The zero-order valence-electron chi connectivity index (χ0n) is 14.5. The predicted molar refractivity (Wildman–Crippen MR) is 93.1 cm³/mol. The van der Waals surface area contributed by atoms with Gasteiger partial charge >= 0.3 is 0 Å². The molecule has 1 aromatic carbocycles. The van der Waals surface area contributed by atoms with Gasteiger partial charge in [-0.15, -0.1) is 0 Å². The average molecular weight is 330 g/mol. The van der Waals surface area contributed by atoms with Crippen molar-refractivity contribution >= 4 is 17.5 Å². The third kappa shape index (κ3) is 3.61. The van der Waals surface area contributed by atoms with Gasteiger partial charge in [-0.3, -0.25) is 9.59 Å². The summed E-state index contributed by atoms with van der Waals surface area (Å²) in [5, 5.41) is 3.41. The van der Waals surface area contributed by atoms with Crippen LogP contribution < -0.4 is 15.0 Å². The highest BCUT2D eigenvalue weighted by molar-refractivity contribution is 6.22. The van der Waals surface area contributed by atoms with Gasteiger partial charge in [0.25, 0.3) is 5.91 Å². The van der Waals surface area contributed by atoms with Crippen molar-refractivity contribution in [1.82, 2.24) is 5.32 Å². The highest BCUT2D eigenvalue weighted by Gasteiger charge is 2.40. The molecule has 3 rings (SSSR count). The lowest BCUT2D eigenvalue weighted by molar-refractivity contribution is -0.121. The molecule has 1 saturated heterocycles. The Bertz CT molecular complexity index is 591. The van der Waals surface area contributed by atoms with E-state index in [0.717, 1.165) is 24.5 Å². The number of carbonyl (C=O) groups excluding carboxylic acids is 2. The summed E-state index contributed by atoms with van der Waals surface area (Å²) in [7, 11) is 0. The largest absolute Gasteiger partial charge is 0.494 e. The molecule has 0 spiro atoms. The summed E-state index contributed by atoms with van der Waals surface area (Å²) < 4.78 is 5.41. The Labute approximate surface area is 143 Å². The van der Waals surface area contributed by atoms with E-state index in [1.54, 1.807) is 24.3 Å². The molecule has 5 heteroatoms. The molecule has 24 heavy (non-hydrogen) atoms. The maximum Gasteiger partial charge on any atom is 0.251 e. The minimum absolute atomic E-state index is 0.133. The van der Waals surface area contributed by atoms with Crippen molar-refractivity contribution in [3.8, 4) is 5.75 Å². The summed E-state index contributed by atoms with van der Waals surface area (Å²) >= 11 is 0. The van der Waals surface area contributed by atoms with Crippen LogP contribution in [0.2, 0.25) is 0 Å². The van der Waals surface area contributed by atoms with E-state index in [1.807, 2.05) is 6.92 Å². The van der Waals surface area contributed by atoms with Crippen molar-refractivity contribution in [1.29, 1.82) is 0 Å². The van der Waals surface area contributed by atoms with Gasteiger partial charge in [-0.25, -0.2) is 4.90 Å². The Hall–Kier alpha value is -1.88. The Morgan fingerprint density at radius 1 is 1.12 bits per heavy atom. The van der Waals surface area contributed by atoms with Gasteiger partial charge in [-0.05, 0) is 62.8 Å². The number of benzene rings is 1. The Kier molecular flexibility index (Phi) is 5.19. The highest BCUT2D eigenvalue weighted by atomic mass is 16.5. The zero-order chi connectivity index (χ0) is 17.1. The number of anilines is 1. The third-order valence-electron chi connectivity index (χ3n) is 5.01. The van der Waals surface area contributed by atoms with Crippen molar-refractivity contribution in [2.75, 3.05) is 11.5 Å². The van der Waals surface area contributed by atoms with Gasteiger partial charge in [0.05, 0.1) is 24.8 Å². The molecule has 1 N–H and O–H groups in total. The maximum atomic E-state index is 12.7.